The number of hydrogen-bond donors (Lipinski definition) is 0. The van der Waals surface area contributed by atoms with Crippen LogP contribution >= 0.6 is 0 Å². The van der Waals surface area contributed by atoms with Crippen molar-refractivity contribution in [2.45, 2.75) is 124 Å². The molecule has 0 radical (unpaired) electrons. The summed E-state index contributed by atoms with van der Waals surface area (Å²) in [6.07, 6.45) is 1.75. The molecular weight excluding hydrogens is 551 g/mol. The summed E-state index contributed by atoms with van der Waals surface area (Å²) >= 11 is 0. The van der Waals surface area contributed by atoms with E-state index in [1.807, 2.05) is 4.90 Å². The van der Waals surface area contributed by atoms with E-state index >= 15 is 0 Å². The second-order valence-corrected chi connectivity index (χ2v) is 40.1. The average molecular weight is 610 g/mol. The zero-order chi connectivity index (χ0) is 28.8. The Labute approximate surface area is 230 Å². The third-order valence-electron chi connectivity index (χ3n) is 4.86. The fourth-order valence-corrected chi connectivity index (χ4v) is 29.6. The molecule has 0 rings (SSSR count). The van der Waals surface area contributed by atoms with Crippen molar-refractivity contribution < 1.29 is 21.3 Å². The molecule has 36 heavy (non-hydrogen) atoms. The van der Waals surface area contributed by atoms with Gasteiger partial charge in [0.1, 0.15) is 0 Å². The van der Waals surface area contributed by atoms with Crippen molar-refractivity contribution in [2.75, 3.05) is 13.1 Å². The molecule has 0 N–H and O–H groups in total. The molecule has 0 aromatic rings. The van der Waals surface area contributed by atoms with Gasteiger partial charge >= 0.3 is 17.1 Å². The molecule has 0 aromatic heterocycles. The molecule has 0 aromatic carbocycles. The Kier molecular flexibility index (Phi) is 13.7. The third kappa shape index (κ3) is 17.8. The van der Waals surface area contributed by atoms with E-state index in [4.69, 9.17) is 16.5 Å². The number of hydrogen-bond acceptors (Lipinski definition) is 5. The first kappa shape index (κ1) is 36.4. The Morgan fingerprint density at radius 3 is 1.03 bits per heavy atom. The molecule has 0 aliphatic carbocycles. The summed E-state index contributed by atoms with van der Waals surface area (Å²) < 4.78 is 26.6. The molecule has 0 aliphatic rings. The highest BCUT2D eigenvalue weighted by Crippen LogP contribution is 2.27. The van der Waals surface area contributed by atoms with Gasteiger partial charge in [0.2, 0.25) is 5.91 Å². The maximum atomic E-state index is 13.0. The summed E-state index contributed by atoms with van der Waals surface area (Å²) in [7, 11) is -11.6. The van der Waals surface area contributed by atoms with Crippen molar-refractivity contribution in [3.05, 3.63) is 12.2 Å². The third-order valence-corrected chi connectivity index (χ3v) is 24.1. The molecule has 1 amide bonds. The largest absolute Gasteiger partial charge is 0.437 e. The number of nitrogens with zero attached hydrogens (tertiary/aromatic N) is 1. The summed E-state index contributed by atoms with van der Waals surface area (Å²) in [5, 5.41) is 0. The number of rotatable bonds is 17. The van der Waals surface area contributed by atoms with E-state index in [2.05, 4.69) is 98.2 Å². The highest BCUT2D eigenvalue weighted by atomic mass is 28.5. The lowest BCUT2D eigenvalue weighted by Gasteiger charge is -2.39. The SMILES string of the molecule is C=C(C)C(=O)N(CCC[Si](C)(O[Si](C)(C)C)O[Si](C)(C)C)CCC[Si](C)(O[Si](C)(C)C)O[Si](C)(C)C. The van der Waals surface area contributed by atoms with Crippen LogP contribution in [-0.2, 0) is 21.3 Å². The van der Waals surface area contributed by atoms with Gasteiger partial charge in [0.25, 0.3) is 0 Å². The van der Waals surface area contributed by atoms with Gasteiger partial charge in [0.15, 0.2) is 33.3 Å². The first-order valence-corrected chi connectivity index (χ1v) is 32.2. The highest BCUT2D eigenvalue weighted by Gasteiger charge is 2.41. The van der Waals surface area contributed by atoms with Crippen LogP contribution in [0.25, 0.3) is 0 Å². The second kappa shape index (κ2) is 13.6. The molecule has 0 unspecified atom stereocenters. The standard InChI is InChI=1S/C24H59NO5Si6/c1-23(2)24(26)25(19-17-21-35(15,27-31(3,4)5)28-32(6,7)8)20-18-22-36(16,29-33(9,10)11)30-34(12,13)14/h1,17-22H2,2-16H3. The molecule has 0 heterocycles. The van der Waals surface area contributed by atoms with Crippen LogP contribution in [0.15, 0.2) is 12.2 Å². The first-order valence-electron chi connectivity index (χ1n) is 13.5. The zero-order valence-electron chi connectivity index (χ0n) is 26.4. The van der Waals surface area contributed by atoms with Gasteiger partial charge in [-0.3, -0.25) is 4.79 Å². The molecule has 0 fully saturated rings. The summed E-state index contributed by atoms with van der Waals surface area (Å²) in [4.78, 5) is 15.0. The summed E-state index contributed by atoms with van der Waals surface area (Å²) in [5.41, 5.74) is 0.586. The highest BCUT2D eigenvalue weighted by molar-refractivity contribution is 6.88. The minimum Gasteiger partial charge on any atom is -0.437 e. The van der Waals surface area contributed by atoms with E-state index in [-0.39, 0.29) is 5.91 Å². The van der Waals surface area contributed by atoms with Crippen LogP contribution in [0.4, 0.5) is 0 Å². The molecule has 0 aliphatic heterocycles. The molecule has 0 bridgehead atoms. The quantitative estimate of drug-likeness (QED) is 0.125. The second-order valence-electron chi connectivity index (χ2n) is 14.4. The smallest absolute Gasteiger partial charge is 0.314 e. The monoisotopic (exact) mass is 609 g/mol. The van der Waals surface area contributed by atoms with Gasteiger partial charge in [-0.1, -0.05) is 6.58 Å². The molecule has 12 heteroatoms. The first-order chi connectivity index (χ1) is 15.8. The van der Waals surface area contributed by atoms with Gasteiger partial charge in [0.05, 0.1) is 0 Å². The van der Waals surface area contributed by atoms with Crippen LogP contribution in [0.5, 0.6) is 0 Å². The van der Waals surface area contributed by atoms with Crippen molar-refractivity contribution in [1.82, 2.24) is 4.90 Å². The molecule has 6 nitrogen and oxygen atoms in total. The van der Waals surface area contributed by atoms with Crippen LogP contribution in [0.1, 0.15) is 19.8 Å². The maximum absolute atomic E-state index is 13.0. The fraction of sp³-hybridized carbons (Fsp3) is 0.875. The van der Waals surface area contributed by atoms with Crippen LogP contribution in [0.2, 0.25) is 104 Å². The molecule has 214 valence electrons. The van der Waals surface area contributed by atoms with Crippen molar-refractivity contribution in [2.24, 2.45) is 0 Å². The van der Waals surface area contributed by atoms with E-state index in [1.165, 1.54) is 0 Å². The van der Waals surface area contributed by atoms with Crippen LogP contribution < -0.4 is 0 Å². The lowest BCUT2D eigenvalue weighted by Crippen LogP contribution is -2.53. The molecule has 0 atom stereocenters. The van der Waals surface area contributed by atoms with Crippen LogP contribution in [0, 0.1) is 0 Å². The van der Waals surface area contributed by atoms with E-state index in [1.54, 1.807) is 6.92 Å². The van der Waals surface area contributed by atoms with Crippen molar-refractivity contribution in [1.29, 1.82) is 0 Å². The van der Waals surface area contributed by atoms with Gasteiger partial charge in [-0.2, -0.15) is 0 Å². The molecular formula is C24H59NO5Si6. The van der Waals surface area contributed by atoms with Gasteiger partial charge < -0.3 is 21.4 Å². The Balaban J connectivity index is 5.43. The van der Waals surface area contributed by atoms with Crippen molar-refractivity contribution >= 4 is 56.3 Å². The van der Waals surface area contributed by atoms with Gasteiger partial charge in [-0.25, -0.2) is 0 Å². The van der Waals surface area contributed by atoms with Crippen molar-refractivity contribution in [3.8, 4) is 0 Å². The van der Waals surface area contributed by atoms with Gasteiger partial charge in [-0.05, 0) is 124 Å². The summed E-state index contributed by atoms with van der Waals surface area (Å²) in [6.45, 7) is 38.3. The Bertz CT molecular complexity index is 642. The number of carbonyl (C=O) groups excluding carboxylic acids is 1. The predicted octanol–water partition coefficient (Wildman–Crippen LogP) is 7.72. The lowest BCUT2D eigenvalue weighted by atomic mass is 10.2. The van der Waals surface area contributed by atoms with Crippen molar-refractivity contribution in [3.63, 3.8) is 0 Å². The Hall–Kier alpha value is 0.351. The number of amides is 1. The van der Waals surface area contributed by atoms with E-state index in [9.17, 15) is 4.79 Å². The van der Waals surface area contributed by atoms with E-state index < -0.39 is 50.4 Å². The normalized spacial score (nSPS) is 14.2. The Morgan fingerprint density at radius 2 is 0.833 bits per heavy atom. The summed E-state index contributed by atoms with van der Waals surface area (Å²) in [5.74, 6) is 0.0381. The van der Waals surface area contributed by atoms with Gasteiger partial charge in [0, 0.05) is 18.7 Å². The van der Waals surface area contributed by atoms with Crippen LogP contribution in [-0.4, -0.2) is 74.3 Å². The average Bonchev–Trinajstić information content (AvgIpc) is 2.52. The van der Waals surface area contributed by atoms with Gasteiger partial charge in [-0.15, -0.1) is 0 Å². The Morgan fingerprint density at radius 1 is 0.583 bits per heavy atom. The molecule has 0 saturated heterocycles. The maximum Gasteiger partial charge on any atom is 0.314 e. The topological polar surface area (TPSA) is 57.2 Å². The molecule has 0 saturated carbocycles. The van der Waals surface area contributed by atoms with E-state index in [0.717, 1.165) is 24.9 Å². The van der Waals surface area contributed by atoms with E-state index in [0.29, 0.717) is 18.7 Å². The summed E-state index contributed by atoms with van der Waals surface area (Å²) in [6, 6.07) is 1.79. The molecule has 0 spiro atoms. The van der Waals surface area contributed by atoms with Crippen LogP contribution in [0.3, 0.4) is 0 Å². The lowest BCUT2D eigenvalue weighted by molar-refractivity contribution is -0.127. The zero-order valence-corrected chi connectivity index (χ0v) is 32.4. The minimum atomic E-state index is -2.32. The predicted molar refractivity (Wildman–Crippen MR) is 171 cm³/mol. The minimum absolute atomic E-state index is 0.0381. The fourth-order valence-electron chi connectivity index (χ4n) is 4.60. The number of carbonyl (C=O) groups is 1.